The van der Waals surface area contributed by atoms with Gasteiger partial charge in [-0.05, 0) is 37.8 Å². The number of amides is 2. The lowest BCUT2D eigenvalue weighted by atomic mass is 10.1. The minimum absolute atomic E-state index is 0.0272. The van der Waals surface area contributed by atoms with Crippen molar-refractivity contribution in [2.45, 2.75) is 32.7 Å². The van der Waals surface area contributed by atoms with Crippen molar-refractivity contribution in [3.05, 3.63) is 41.7 Å². The summed E-state index contributed by atoms with van der Waals surface area (Å²) in [5.41, 5.74) is 3.45. The second kappa shape index (κ2) is 7.22. The molecule has 0 unspecified atom stereocenters. The third kappa shape index (κ3) is 3.99. The zero-order valence-corrected chi connectivity index (χ0v) is 15.2. The largest absolute Gasteiger partial charge is 0.358 e. The minimum atomic E-state index is -0.141. The lowest BCUT2D eigenvalue weighted by molar-refractivity contribution is -0.121. The molecule has 3 N–H and O–H groups in total. The molecular formula is C19H22N6O2. The van der Waals surface area contributed by atoms with Crippen LogP contribution in [0.1, 0.15) is 24.1 Å². The monoisotopic (exact) mass is 366 g/mol. The van der Waals surface area contributed by atoms with E-state index in [1.54, 1.807) is 6.20 Å². The minimum Gasteiger partial charge on any atom is -0.358 e. The van der Waals surface area contributed by atoms with Crippen LogP contribution in [-0.2, 0) is 22.6 Å². The number of anilines is 1. The molecule has 4 rings (SSSR count). The van der Waals surface area contributed by atoms with E-state index in [4.69, 9.17) is 0 Å². The van der Waals surface area contributed by atoms with E-state index in [-0.39, 0.29) is 24.3 Å². The number of rotatable bonds is 7. The molecule has 2 amide bonds. The highest BCUT2D eigenvalue weighted by molar-refractivity contribution is 5.93. The standard InChI is InChI=1S/C19H22N6O2/c1-12-14(15-4-2-3-5-16(15)21-12)8-9-20-18(26)11-25-10-17(23-24-25)22-19(27)13-6-7-13/h2-5,10,13,21H,6-9,11H2,1H3,(H,20,26)(H,22,27). The number of carbonyl (C=O) groups is 2. The summed E-state index contributed by atoms with van der Waals surface area (Å²) in [5, 5.41) is 14.6. The number of fused-ring (bicyclic) bond motifs is 1. The molecule has 1 aliphatic carbocycles. The second-order valence-corrected chi connectivity index (χ2v) is 6.94. The summed E-state index contributed by atoms with van der Waals surface area (Å²) in [6.07, 6.45) is 4.18. The fourth-order valence-corrected chi connectivity index (χ4v) is 3.19. The van der Waals surface area contributed by atoms with Gasteiger partial charge in [-0.2, -0.15) is 0 Å². The van der Waals surface area contributed by atoms with Crippen LogP contribution in [0.5, 0.6) is 0 Å². The molecule has 8 heteroatoms. The van der Waals surface area contributed by atoms with Gasteiger partial charge in [0.1, 0.15) is 6.54 Å². The van der Waals surface area contributed by atoms with E-state index in [9.17, 15) is 9.59 Å². The van der Waals surface area contributed by atoms with Gasteiger partial charge in [-0.15, -0.1) is 5.10 Å². The van der Waals surface area contributed by atoms with Crippen LogP contribution in [0.4, 0.5) is 5.82 Å². The smallest absolute Gasteiger partial charge is 0.241 e. The van der Waals surface area contributed by atoms with Crippen molar-refractivity contribution < 1.29 is 9.59 Å². The SMILES string of the molecule is Cc1[nH]c2ccccc2c1CCNC(=O)Cn1cc(NC(=O)C2CC2)nn1. The number of carbonyl (C=O) groups excluding carboxylic acids is 2. The number of benzene rings is 1. The first-order chi connectivity index (χ1) is 13.1. The Morgan fingerprint density at radius 2 is 2.11 bits per heavy atom. The lowest BCUT2D eigenvalue weighted by Gasteiger charge is -2.05. The van der Waals surface area contributed by atoms with Gasteiger partial charge in [0, 0.05) is 29.1 Å². The molecule has 0 atom stereocenters. The Morgan fingerprint density at radius 3 is 2.93 bits per heavy atom. The Kier molecular flexibility index (Phi) is 4.62. The number of nitrogens with zero attached hydrogens (tertiary/aromatic N) is 3. The molecule has 27 heavy (non-hydrogen) atoms. The molecule has 1 fully saturated rings. The Bertz CT molecular complexity index is 985. The Morgan fingerprint density at radius 1 is 1.30 bits per heavy atom. The Labute approximate surface area is 156 Å². The molecule has 3 aromatic rings. The van der Waals surface area contributed by atoms with Crippen LogP contribution in [0.2, 0.25) is 0 Å². The molecule has 0 spiro atoms. The van der Waals surface area contributed by atoms with E-state index in [1.165, 1.54) is 15.6 Å². The molecule has 140 valence electrons. The maximum Gasteiger partial charge on any atom is 0.241 e. The molecule has 1 aliphatic rings. The third-order valence-corrected chi connectivity index (χ3v) is 4.77. The Hall–Kier alpha value is -3.16. The maximum absolute atomic E-state index is 12.1. The van der Waals surface area contributed by atoms with E-state index in [0.717, 1.165) is 30.5 Å². The molecule has 1 aromatic carbocycles. The van der Waals surface area contributed by atoms with Crippen LogP contribution < -0.4 is 10.6 Å². The van der Waals surface area contributed by atoms with Gasteiger partial charge in [0.15, 0.2) is 5.82 Å². The summed E-state index contributed by atoms with van der Waals surface area (Å²) in [7, 11) is 0. The molecule has 0 aliphatic heterocycles. The molecule has 1 saturated carbocycles. The quantitative estimate of drug-likeness (QED) is 0.593. The van der Waals surface area contributed by atoms with Gasteiger partial charge in [0.25, 0.3) is 0 Å². The van der Waals surface area contributed by atoms with Crippen molar-refractivity contribution in [1.82, 2.24) is 25.3 Å². The average Bonchev–Trinajstić information content (AvgIpc) is 3.34. The van der Waals surface area contributed by atoms with Gasteiger partial charge in [-0.1, -0.05) is 23.4 Å². The Balaban J connectivity index is 1.28. The molecule has 8 nitrogen and oxygen atoms in total. The van der Waals surface area contributed by atoms with Crippen molar-refractivity contribution in [3.63, 3.8) is 0 Å². The van der Waals surface area contributed by atoms with Gasteiger partial charge in [-0.3, -0.25) is 9.59 Å². The van der Waals surface area contributed by atoms with E-state index in [0.29, 0.717) is 12.4 Å². The second-order valence-electron chi connectivity index (χ2n) is 6.94. The predicted molar refractivity (Wildman–Crippen MR) is 101 cm³/mol. The maximum atomic E-state index is 12.1. The van der Waals surface area contributed by atoms with Gasteiger partial charge in [-0.25, -0.2) is 4.68 Å². The average molecular weight is 366 g/mol. The molecular weight excluding hydrogens is 344 g/mol. The summed E-state index contributed by atoms with van der Waals surface area (Å²) < 4.78 is 1.43. The van der Waals surface area contributed by atoms with Crippen molar-refractivity contribution >= 4 is 28.5 Å². The van der Waals surface area contributed by atoms with Crippen LogP contribution in [0.3, 0.4) is 0 Å². The van der Waals surface area contributed by atoms with Crippen LogP contribution >= 0.6 is 0 Å². The molecule has 0 saturated heterocycles. The normalized spacial score (nSPS) is 13.7. The van der Waals surface area contributed by atoms with Crippen molar-refractivity contribution in [3.8, 4) is 0 Å². The first-order valence-electron chi connectivity index (χ1n) is 9.14. The topological polar surface area (TPSA) is 105 Å². The highest BCUT2D eigenvalue weighted by Crippen LogP contribution is 2.29. The molecule has 0 radical (unpaired) electrons. The van der Waals surface area contributed by atoms with Gasteiger partial charge in [0.05, 0.1) is 6.20 Å². The number of hydrogen-bond donors (Lipinski definition) is 3. The van der Waals surface area contributed by atoms with Crippen LogP contribution in [-0.4, -0.2) is 38.3 Å². The first-order valence-corrected chi connectivity index (χ1v) is 9.14. The zero-order chi connectivity index (χ0) is 18.8. The van der Waals surface area contributed by atoms with Gasteiger partial charge < -0.3 is 15.6 Å². The van der Waals surface area contributed by atoms with Crippen LogP contribution in [0, 0.1) is 12.8 Å². The van der Waals surface area contributed by atoms with Crippen molar-refractivity contribution in [2.24, 2.45) is 5.92 Å². The fraction of sp³-hybridized carbons (Fsp3) is 0.368. The van der Waals surface area contributed by atoms with Crippen LogP contribution in [0.15, 0.2) is 30.5 Å². The van der Waals surface area contributed by atoms with Crippen molar-refractivity contribution in [2.75, 3.05) is 11.9 Å². The summed E-state index contributed by atoms with van der Waals surface area (Å²) >= 11 is 0. The zero-order valence-electron chi connectivity index (χ0n) is 15.2. The molecule has 2 aromatic heterocycles. The van der Waals surface area contributed by atoms with Gasteiger partial charge >= 0.3 is 0 Å². The number of nitrogens with one attached hydrogen (secondary N) is 3. The molecule has 0 bridgehead atoms. The summed E-state index contributed by atoms with van der Waals surface area (Å²) in [4.78, 5) is 27.2. The summed E-state index contributed by atoms with van der Waals surface area (Å²) in [5.74, 6) is 0.318. The first kappa shape index (κ1) is 17.3. The number of para-hydroxylation sites is 1. The third-order valence-electron chi connectivity index (χ3n) is 4.77. The highest BCUT2D eigenvalue weighted by Gasteiger charge is 2.30. The highest BCUT2D eigenvalue weighted by atomic mass is 16.2. The number of aromatic nitrogens is 4. The number of hydrogen-bond acceptors (Lipinski definition) is 4. The van der Waals surface area contributed by atoms with E-state index in [1.807, 2.05) is 19.1 Å². The molecule has 2 heterocycles. The van der Waals surface area contributed by atoms with Gasteiger partial charge in [0.2, 0.25) is 11.8 Å². The van der Waals surface area contributed by atoms with E-state index in [2.05, 4.69) is 38.1 Å². The van der Waals surface area contributed by atoms with Crippen molar-refractivity contribution in [1.29, 1.82) is 0 Å². The van der Waals surface area contributed by atoms with E-state index < -0.39 is 0 Å². The van der Waals surface area contributed by atoms with E-state index >= 15 is 0 Å². The summed E-state index contributed by atoms with van der Waals surface area (Å²) in [6.45, 7) is 2.66. The summed E-state index contributed by atoms with van der Waals surface area (Å²) in [6, 6.07) is 8.16. The van der Waals surface area contributed by atoms with Crippen LogP contribution in [0.25, 0.3) is 10.9 Å². The predicted octanol–water partition coefficient (Wildman–Crippen LogP) is 1.78. The fourth-order valence-electron chi connectivity index (χ4n) is 3.19. The number of H-pyrrole nitrogens is 1. The number of aromatic amines is 1. The number of aryl methyl sites for hydroxylation is 1. The lowest BCUT2D eigenvalue weighted by Crippen LogP contribution is -2.29.